The standard InChI is InChI=1S/C21H19F3N4O2S2/c22-21(23,24)15-2-1-3-16-14(15)10-17(32-16)19(29)28-11-13(12-28)26-5-7-27(8-6-26)20(30)18-25-4-9-31-18/h1-4,9-10,13H,5-8,11-12H2. The summed E-state index contributed by atoms with van der Waals surface area (Å²) >= 11 is 2.43. The van der Waals surface area contributed by atoms with Crippen molar-refractivity contribution < 1.29 is 22.8 Å². The third kappa shape index (κ3) is 3.89. The lowest BCUT2D eigenvalue weighted by atomic mass is 10.1. The largest absolute Gasteiger partial charge is 0.417 e. The van der Waals surface area contributed by atoms with Crippen molar-refractivity contribution in [1.29, 1.82) is 0 Å². The van der Waals surface area contributed by atoms with Crippen molar-refractivity contribution in [2.24, 2.45) is 0 Å². The number of thiazole rings is 1. The molecule has 0 bridgehead atoms. The Morgan fingerprint density at radius 3 is 2.44 bits per heavy atom. The Bertz CT molecular complexity index is 1150. The number of fused-ring (bicyclic) bond motifs is 1. The third-order valence-corrected chi connectivity index (χ3v) is 7.81. The molecule has 11 heteroatoms. The van der Waals surface area contributed by atoms with E-state index in [1.165, 1.54) is 23.5 Å². The molecule has 0 aliphatic carbocycles. The van der Waals surface area contributed by atoms with Crippen molar-refractivity contribution in [3.05, 3.63) is 51.3 Å². The molecule has 0 unspecified atom stereocenters. The number of thiophene rings is 1. The van der Waals surface area contributed by atoms with Gasteiger partial charge in [-0.05, 0) is 18.2 Å². The van der Waals surface area contributed by atoms with Crippen molar-refractivity contribution >= 4 is 44.6 Å². The molecule has 0 saturated carbocycles. The first-order valence-corrected chi connectivity index (χ1v) is 11.8. The molecule has 0 radical (unpaired) electrons. The van der Waals surface area contributed by atoms with Gasteiger partial charge in [-0.3, -0.25) is 14.5 Å². The van der Waals surface area contributed by atoms with E-state index >= 15 is 0 Å². The molecule has 2 aromatic heterocycles. The average Bonchev–Trinajstić information content (AvgIpc) is 3.41. The number of alkyl halides is 3. The fraction of sp³-hybridized carbons (Fsp3) is 0.381. The van der Waals surface area contributed by atoms with Crippen LogP contribution in [-0.4, -0.2) is 76.8 Å². The van der Waals surface area contributed by atoms with Gasteiger partial charge in [0.15, 0.2) is 5.01 Å². The first kappa shape index (κ1) is 21.4. The Kier molecular flexibility index (Phi) is 5.42. The van der Waals surface area contributed by atoms with Crippen molar-refractivity contribution in [2.45, 2.75) is 12.2 Å². The smallest absolute Gasteiger partial charge is 0.335 e. The number of nitrogens with zero attached hydrogens (tertiary/aromatic N) is 4. The number of amides is 2. The van der Waals surface area contributed by atoms with E-state index in [1.54, 1.807) is 27.4 Å². The maximum absolute atomic E-state index is 13.3. The molecule has 1 aromatic carbocycles. The van der Waals surface area contributed by atoms with E-state index in [1.807, 2.05) is 0 Å². The third-order valence-electron chi connectivity index (χ3n) is 5.96. The van der Waals surface area contributed by atoms with Crippen LogP contribution in [0.2, 0.25) is 0 Å². The molecule has 2 aliphatic rings. The van der Waals surface area contributed by atoms with Crippen LogP contribution in [0.25, 0.3) is 10.1 Å². The van der Waals surface area contributed by atoms with Crippen LogP contribution in [-0.2, 0) is 6.18 Å². The predicted octanol–water partition coefficient (Wildman–Crippen LogP) is 3.66. The maximum atomic E-state index is 13.3. The summed E-state index contributed by atoms with van der Waals surface area (Å²) in [6, 6.07) is 5.59. The van der Waals surface area contributed by atoms with Gasteiger partial charge in [0.2, 0.25) is 0 Å². The molecule has 2 saturated heterocycles. The minimum Gasteiger partial charge on any atom is -0.335 e. The number of benzene rings is 1. The highest BCUT2D eigenvalue weighted by Crippen LogP contribution is 2.38. The van der Waals surface area contributed by atoms with Gasteiger partial charge in [-0.15, -0.1) is 22.7 Å². The van der Waals surface area contributed by atoms with E-state index in [0.717, 1.165) is 30.5 Å². The lowest BCUT2D eigenvalue weighted by Crippen LogP contribution is -2.64. The summed E-state index contributed by atoms with van der Waals surface area (Å²) in [5.41, 5.74) is -0.711. The molecule has 168 valence electrons. The van der Waals surface area contributed by atoms with Gasteiger partial charge < -0.3 is 9.80 Å². The molecule has 2 aliphatic heterocycles. The van der Waals surface area contributed by atoms with Crippen molar-refractivity contribution in [1.82, 2.24) is 19.7 Å². The van der Waals surface area contributed by atoms with Crippen molar-refractivity contribution in [3.63, 3.8) is 0 Å². The first-order chi connectivity index (χ1) is 15.3. The van der Waals surface area contributed by atoms with Gasteiger partial charge in [0, 0.05) is 67.0 Å². The molecule has 4 heterocycles. The number of aromatic nitrogens is 1. The molecular weight excluding hydrogens is 461 g/mol. The van der Waals surface area contributed by atoms with Crippen molar-refractivity contribution in [3.8, 4) is 0 Å². The Hall–Kier alpha value is -2.50. The van der Waals surface area contributed by atoms with E-state index in [-0.39, 0.29) is 23.2 Å². The highest BCUT2D eigenvalue weighted by atomic mass is 32.1. The Labute approximate surface area is 189 Å². The molecule has 0 N–H and O–H groups in total. The second kappa shape index (κ2) is 8.13. The fourth-order valence-corrected chi connectivity index (χ4v) is 5.83. The monoisotopic (exact) mass is 480 g/mol. The Morgan fingerprint density at radius 2 is 1.78 bits per heavy atom. The molecule has 32 heavy (non-hydrogen) atoms. The van der Waals surface area contributed by atoms with E-state index in [0.29, 0.717) is 40.8 Å². The van der Waals surface area contributed by atoms with Crippen LogP contribution in [0.15, 0.2) is 35.8 Å². The molecule has 5 rings (SSSR count). The molecule has 3 aromatic rings. The van der Waals surface area contributed by atoms with Crippen LogP contribution in [0.5, 0.6) is 0 Å². The number of hydrogen-bond donors (Lipinski definition) is 0. The Morgan fingerprint density at radius 1 is 1.03 bits per heavy atom. The second-order valence-corrected chi connectivity index (χ2v) is 9.83. The summed E-state index contributed by atoms with van der Waals surface area (Å²) in [5, 5.41) is 2.35. The van der Waals surface area contributed by atoms with E-state index < -0.39 is 11.7 Å². The van der Waals surface area contributed by atoms with Crippen LogP contribution < -0.4 is 0 Å². The van der Waals surface area contributed by atoms with Gasteiger partial charge in [0.25, 0.3) is 11.8 Å². The zero-order chi connectivity index (χ0) is 22.5. The van der Waals surface area contributed by atoms with Gasteiger partial charge in [-0.1, -0.05) is 6.07 Å². The molecule has 0 atom stereocenters. The average molecular weight is 481 g/mol. The summed E-state index contributed by atoms with van der Waals surface area (Å²) in [6.45, 7) is 3.75. The zero-order valence-corrected chi connectivity index (χ0v) is 18.5. The van der Waals surface area contributed by atoms with Gasteiger partial charge in [-0.2, -0.15) is 13.2 Å². The molecule has 6 nitrogen and oxygen atoms in total. The molecule has 2 fully saturated rings. The van der Waals surface area contributed by atoms with E-state index in [4.69, 9.17) is 0 Å². The summed E-state index contributed by atoms with van der Waals surface area (Å²) in [6.07, 6.45) is -2.83. The Balaban J connectivity index is 1.18. The minimum absolute atomic E-state index is 0.0481. The number of piperazine rings is 1. The topological polar surface area (TPSA) is 56.8 Å². The summed E-state index contributed by atoms with van der Waals surface area (Å²) in [5.74, 6) is -0.277. The predicted molar refractivity (Wildman–Crippen MR) is 116 cm³/mol. The normalized spacial score (nSPS) is 18.2. The lowest BCUT2D eigenvalue weighted by Gasteiger charge is -2.47. The number of carbonyl (C=O) groups is 2. The quantitative estimate of drug-likeness (QED) is 0.574. The fourth-order valence-electron chi connectivity index (χ4n) is 4.18. The SMILES string of the molecule is O=C(c1cc2c(C(F)(F)F)cccc2s1)N1CC(N2CCN(C(=O)c3nccs3)CC2)C1. The van der Waals surface area contributed by atoms with Crippen LogP contribution in [0.1, 0.15) is 25.0 Å². The first-order valence-electron chi connectivity index (χ1n) is 10.1. The van der Waals surface area contributed by atoms with Crippen LogP contribution in [0.3, 0.4) is 0 Å². The van der Waals surface area contributed by atoms with Crippen molar-refractivity contribution in [2.75, 3.05) is 39.3 Å². The highest BCUT2D eigenvalue weighted by molar-refractivity contribution is 7.20. The van der Waals surface area contributed by atoms with Crippen LogP contribution >= 0.6 is 22.7 Å². The molecule has 2 amide bonds. The van der Waals surface area contributed by atoms with Crippen LogP contribution in [0, 0.1) is 0 Å². The number of likely N-dealkylation sites (tertiary alicyclic amines) is 1. The van der Waals surface area contributed by atoms with E-state index in [2.05, 4.69) is 9.88 Å². The van der Waals surface area contributed by atoms with Gasteiger partial charge in [0.1, 0.15) is 0 Å². The summed E-state index contributed by atoms with van der Waals surface area (Å²) < 4.78 is 40.2. The number of rotatable bonds is 3. The minimum atomic E-state index is -4.45. The molecular formula is C21H19F3N4O2S2. The summed E-state index contributed by atoms with van der Waals surface area (Å²) in [4.78, 5) is 35.4. The lowest BCUT2D eigenvalue weighted by molar-refractivity contribution is -0.136. The molecule has 0 spiro atoms. The maximum Gasteiger partial charge on any atom is 0.417 e. The number of hydrogen-bond acceptors (Lipinski definition) is 6. The van der Waals surface area contributed by atoms with Gasteiger partial charge in [-0.25, -0.2) is 4.98 Å². The zero-order valence-electron chi connectivity index (χ0n) is 16.8. The highest BCUT2D eigenvalue weighted by Gasteiger charge is 2.38. The summed E-state index contributed by atoms with van der Waals surface area (Å²) in [7, 11) is 0. The van der Waals surface area contributed by atoms with Gasteiger partial charge in [0.05, 0.1) is 10.4 Å². The van der Waals surface area contributed by atoms with Gasteiger partial charge >= 0.3 is 6.18 Å². The second-order valence-electron chi connectivity index (χ2n) is 7.86. The van der Waals surface area contributed by atoms with E-state index in [9.17, 15) is 22.8 Å². The van der Waals surface area contributed by atoms with Crippen LogP contribution in [0.4, 0.5) is 13.2 Å². The number of carbonyl (C=O) groups excluding carboxylic acids is 2. The number of halogens is 3.